The summed E-state index contributed by atoms with van der Waals surface area (Å²) >= 11 is 11.8. The van der Waals surface area contributed by atoms with E-state index in [1.807, 2.05) is 0 Å². The molecule has 0 heterocycles. The van der Waals surface area contributed by atoms with Crippen molar-refractivity contribution in [1.29, 1.82) is 0 Å². The summed E-state index contributed by atoms with van der Waals surface area (Å²) in [5.41, 5.74) is 0.783. The molecule has 1 aliphatic rings. The van der Waals surface area contributed by atoms with Crippen molar-refractivity contribution < 1.29 is 14.3 Å². The highest BCUT2D eigenvalue weighted by atomic mass is 35.5. The van der Waals surface area contributed by atoms with Gasteiger partial charge in [0.15, 0.2) is 0 Å². The molecule has 0 spiro atoms. The van der Waals surface area contributed by atoms with Crippen LogP contribution in [0.1, 0.15) is 59.3 Å². The maximum atomic E-state index is 12.0. The number of carbonyl (C=O) groups is 2. The lowest BCUT2D eigenvalue weighted by molar-refractivity contribution is -0.152. The predicted molar refractivity (Wildman–Crippen MR) is 106 cm³/mol. The lowest BCUT2D eigenvalue weighted by Gasteiger charge is -2.36. The molecule has 1 aromatic carbocycles. The van der Waals surface area contributed by atoms with E-state index in [0.29, 0.717) is 27.1 Å². The first-order chi connectivity index (χ1) is 12.1. The largest absolute Gasteiger partial charge is 0.462 e. The minimum atomic E-state index is -0.318. The number of esters is 1. The SMILES string of the molecule is CC(C)(C)C1CCC(OC(=O)CCC(=O)Nc2ccc(Cl)cc2Cl)CC1. The van der Waals surface area contributed by atoms with Gasteiger partial charge in [0.05, 0.1) is 17.1 Å². The van der Waals surface area contributed by atoms with Gasteiger partial charge in [-0.3, -0.25) is 9.59 Å². The van der Waals surface area contributed by atoms with Gasteiger partial charge in [0.25, 0.3) is 0 Å². The molecule has 0 aromatic heterocycles. The van der Waals surface area contributed by atoms with Crippen LogP contribution in [0.5, 0.6) is 0 Å². The summed E-state index contributed by atoms with van der Waals surface area (Å²) < 4.78 is 5.53. The highest BCUT2D eigenvalue weighted by Crippen LogP contribution is 2.38. The van der Waals surface area contributed by atoms with E-state index in [-0.39, 0.29) is 30.8 Å². The molecule has 1 aromatic rings. The van der Waals surface area contributed by atoms with Crippen molar-refractivity contribution in [2.75, 3.05) is 5.32 Å². The molecule has 0 radical (unpaired) electrons. The van der Waals surface area contributed by atoms with Crippen molar-refractivity contribution in [3.05, 3.63) is 28.2 Å². The number of hydrogen-bond donors (Lipinski definition) is 1. The van der Waals surface area contributed by atoms with Gasteiger partial charge in [-0.25, -0.2) is 0 Å². The fraction of sp³-hybridized carbons (Fsp3) is 0.600. The number of amides is 1. The van der Waals surface area contributed by atoms with E-state index in [4.69, 9.17) is 27.9 Å². The topological polar surface area (TPSA) is 55.4 Å². The zero-order valence-electron chi connectivity index (χ0n) is 15.6. The minimum Gasteiger partial charge on any atom is -0.462 e. The molecule has 0 atom stereocenters. The Morgan fingerprint density at radius 2 is 1.77 bits per heavy atom. The van der Waals surface area contributed by atoms with Gasteiger partial charge in [0.2, 0.25) is 5.91 Å². The first-order valence-corrected chi connectivity index (χ1v) is 9.85. The summed E-state index contributed by atoms with van der Waals surface area (Å²) in [5, 5.41) is 3.54. The van der Waals surface area contributed by atoms with Crippen LogP contribution < -0.4 is 5.32 Å². The van der Waals surface area contributed by atoms with Crippen molar-refractivity contribution in [3.8, 4) is 0 Å². The number of halogens is 2. The van der Waals surface area contributed by atoms with Crippen molar-refractivity contribution in [1.82, 2.24) is 0 Å². The second-order valence-electron chi connectivity index (χ2n) is 8.00. The second kappa shape index (κ2) is 9.09. The molecule has 1 amide bonds. The summed E-state index contributed by atoms with van der Waals surface area (Å²) in [5.74, 6) is 0.0801. The molecule has 26 heavy (non-hydrogen) atoms. The van der Waals surface area contributed by atoms with E-state index < -0.39 is 0 Å². The molecule has 2 rings (SSSR count). The predicted octanol–water partition coefficient (Wildman–Crippen LogP) is 5.86. The summed E-state index contributed by atoms with van der Waals surface area (Å²) in [6.07, 6.45) is 4.08. The Morgan fingerprint density at radius 3 is 2.35 bits per heavy atom. The smallest absolute Gasteiger partial charge is 0.306 e. The fourth-order valence-electron chi connectivity index (χ4n) is 3.31. The molecular weight excluding hydrogens is 373 g/mol. The molecule has 0 saturated heterocycles. The Kier molecular flexibility index (Phi) is 7.36. The van der Waals surface area contributed by atoms with Crippen LogP contribution >= 0.6 is 23.2 Å². The number of nitrogens with one attached hydrogen (secondary N) is 1. The van der Waals surface area contributed by atoms with Crippen LogP contribution in [0, 0.1) is 11.3 Å². The van der Waals surface area contributed by atoms with E-state index in [0.717, 1.165) is 25.7 Å². The standard InChI is InChI=1S/C20H27Cl2NO3/c1-20(2,3)13-4-7-15(8-5-13)26-19(25)11-10-18(24)23-17-9-6-14(21)12-16(17)22/h6,9,12-13,15H,4-5,7-8,10-11H2,1-3H3,(H,23,24). The molecule has 0 aliphatic heterocycles. The third-order valence-corrected chi connectivity index (χ3v) is 5.51. The first-order valence-electron chi connectivity index (χ1n) is 9.09. The first kappa shape index (κ1) is 21.0. The third-order valence-electron chi connectivity index (χ3n) is 4.96. The Morgan fingerprint density at radius 1 is 1.12 bits per heavy atom. The molecule has 1 saturated carbocycles. The molecular formula is C20H27Cl2NO3. The van der Waals surface area contributed by atoms with Crippen molar-refractivity contribution >= 4 is 40.8 Å². The van der Waals surface area contributed by atoms with E-state index in [1.54, 1.807) is 18.2 Å². The van der Waals surface area contributed by atoms with E-state index in [1.165, 1.54) is 0 Å². The van der Waals surface area contributed by atoms with Crippen LogP contribution in [0.3, 0.4) is 0 Å². The number of carbonyl (C=O) groups excluding carboxylic acids is 2. The van der Waals surface area contributed by atoms with E-state index >= 15 is 0 Å². The van der Waals surface area contributed by atoms with Gasteiger partial charge >= 0.3 is 5.97 Å². The summed E-state index contributed by atoms with van der Waals surface area (Å²) in [6.45, 7) is 6.78. The van der Waals surface area contributed by atoms with Crippen LogP contribution in [0.2, 0.25) is 10.0 Å². The number of benzene rings is 1. The van der Waals surface area contributed by atoms with Gasteiger partial charge in [0, 0.05) is 11.4 Å². The zero-order valence-corrected chi connectivity index (χ0v) is 17.1. The molecule has 6 heteroatoms. The number of ether oxygens (including phenoxy) is 1. The molecule has 1 fully saturated rings. The van der Waals surface area contributed by atoms with Crippen molar-refractivity contribution in [2.45, 2.75) is 65.4 Å². The molecule has 0 unspecified atom stereocenters. The highest BCUT2D eigenvalue weighted by molar-refractivity contribution is 6.36. The van der Waals surface area contributed by atoms with E-state index in [9.17, 15) is 9.59 Å². The normalized spacial score (nSPS) is 20.5. The summed E-state index contributed by atoms with van der Waals surface area (Å²) in [7, 11) is 0. The van der Waals surface area contributed by atoms with Crippen LogP contribution in [-0.2, 0) is 14.3 Å². The van der Waals surface area contributed by atoms with Crippen LogP contribution in [0.15, 0.2) is 18.2 Å². The monoisotopic (exact) mass is 399 g/mol. The van der Waals surface area contributed by atoms with Gasteiger partial charge in [-0.1, -0.05) is 44.0 Å². The molecule has 0 bridgehead atoms. The van der Waals surface area contributed by atoms with Crippen LogP contribution in [0.4, 0.5) is 5.69 Å². The van der Waals surface area contributed by atoms with Crippen LogP contribution in [0.25, 0.3) is 0 Å². The average Bonchev–Trinajstić information content (AvgIpc) is 2.55. The van der Waals surface area contributed by atoms with Crippen molar-refractivity contribution in [3.63, 3.8) is 0 Å². The fourth-order valence-corrected chi connectivity index (χ4v) is 3.77. The van der Waals surface area contributed by atoms with Gasteiger partial charge in [-0.2, -0.15) is 0 Å². The van der Waals surface area contributed by atoms with Gasteiger partial charge in [-0.05, 0) is 55.2 Å². The maximum Gasteiger partial charge on any atom is 0.306 e. The maximum absolute atomic E-state index is 12.0. The molecule has 1 aliphatic carbocycles. The van der Waals surface area contributed by atoms with Crippen molar-refractivity contribution in [2.24, 2.45) is 11.3 Å². The second-order valence-corrected chi connectivity index (χ2v) is 8.85. The number of rotatable bonds is 5. The molecule has 1 N–H and O–H groups in total. The quantitative estimate of drug-likeness (QED) is 0.630. The van der Waals surface area contributed by atoms with Gasteiger partial charge in [0.1, 0.15) is 6.10 Å². The van der Waals surface area contributed by atoms with Crippen LogP contribution in [-0.4, -0.2) is 18.0 Å². The Labute approximate surface area is 165 Å². The van der Waals surface area contributed by atoms with Gasteiger partial charge in [-0.15, -0.1) is 0 Å². The highest BCUT2D eigenvalue weighted by Gasteiger charge is 2.31. The summed E-state index contributed by atoms with van der Waals surface area (Å²) in [6, 6.07) is 4.83. The molecule has 144 valence electrons. The summed E-state index contributed by atoms with van der Waals surface area (Å²) in [4.78, 5) is 24.0. The number of hydrogen-bond acceptors (Lipinski definition) is 3. The van der Waals surface area contributed by atoms with Gasteiger partial charge < -0.3 is 10.1 Å². The lowest BCUT2D eigenvalue weighted by atomic mass is 9.72. The number of anilines is 1. The lowest BCUT2D eigenvalue weighted by Crippen LogP contribution is -2.30. The minimum absolute atomic E-state index is 0.0186. The third kappa shape index (κ3) is 6.48. The Balaban J connectivity index is 1.71. The molecule has 4 nitrogen and oxygen atoms in total. The Hall–Kier alpha value is -1.26. The van der Waals surface area contributed by atoms with E-state index in [2.05, 4.69) is 26.1 Å². The Bertz CT molecular complexity index is 647. The zero-order chi connectivity index (χ0) is 19.3. The average molecular weight is 400 g/mol.